The minimum atomic E-state index is -0.972. The Bertz CT molecular complexity index is 477. The normalized spacial score (nSPS) is 11.7. The van der Waals surface area contributed by atoms with Crippen LogP contribution in [0.2, 0.25) is 0 Å². The lowest BCUT2D eigenvalue weighted by atomic mass is 9.94. The van der Waals surface area contributed by atoms with Gasteiger partial charge in [0.1, 0.15) is 0 Å². The van der Waals surface area contributed by atoms with Crippen molar-refractivity contribution in [3.05, 3.63) is 22.2 Å². The van der Waals surface area contributed by atoms with Crippen molar-refractivity contribution in [3.63, 3.8) is 0 Å². The Morgan fingerprint density at radius 2 is 2.22 bits per heavy atom. The highest BCUT2D eigenvalue weighted by Gasteiger charge is 2.27. The predicted molar refractivity (Wildman–Crippen MR) is 70.3 cm³/mol. The summed E-state index contributed by atoms with van der Waals surface area (Å²) >= 11 is 1.51. The molecule has 5 nitrogen and oxygen atoms in total. The predicted octanol–water partition coefficient (Wildman–Crippen LogP) is 1.69. The first-order valence-electron chi connectivity index (χ1n) is 5.43. The van der Waals surface area contributed by atoms with E-state index in [1.54, 1.807) is 19.9 Å². The van der Waals surface area contributed by atoms with Crippen LogP contribution in [-0.2, 0) is 9.59 Å². The Morgan fingerprint density at radius 1 is 1.56 bits per heavy atom. The van der Waals surface area contributed by atoms with E-state index in [2.05, 4.69) is 10.3 Å². The molecule has 18 heavy (non-hydrogen) atoms. The van der Waals surface area contributed by atoms with Crippen molar-refractivity contribution in [2.45, 2.75) is 20.8 Å². The summed E-state index contributed by atoms with van der Waals surface area (Å²) in [5.74, 6) is -1.27. The SMILES string of the molecule is Cc1nc(/C=C/C(=O)NCC(C)(C)C(=O)O)cs1. The second-order valence-electron chi connectivity index (χ2n) is 4.53. The molecule has 0 spiro atoms. The van der Waals surface area contributed by atoms with Gasteiger partial charge in [0.2, 0.25) is 5.91 Å². The molecule has 0 aromatic carbocycles. The van der Waals surface area contributed by atoms with Crippen LogP contribution in [0.4, 0.5) is 0 Å². The number of carbonyl (C=O) groups is 2. The zero-order valence-corrected chi connectivity index (χ0v) is 11.4. The van der Waals surface area contributed by atoms with E-state index in [0.29, 0.717) is 0 Å². The summed E-state index contributed by atoms with van der Waals surface area (Å²) in [7, 11) is 0. The number of aromatic nitrogens is 1. The van der Waals surface area contributed by atoms with Gasteiger partial charge in [-0.05, 0) is 26.8 Å². The lowest BCUT2D eigenvalue weighted by Crippen LogP contribution is -2.38. The van der Waals surface area contributed by atoms with Crippen LogP contribution in [0.3, 0.4) is 0 Å². The minimum Gasteiger partial charge on any atom is -0.481 e. The molecule has 98 valence electrons. The van der Waals surface area contributed by atoms with Crippen molar-refractivity contribution in [3.8, 4) is 0 Å². The monoisotopic (exact) mass is 268 g/mol. The van der Waals surface area contributed by atoms with Crippen LogP contribution < -0.4 is 5.32 Å². The van der Waals surface area contributed by atoms with Gasteiger partial charge in [-0.1, -0.05) is 0 Å². The summed E-state index contributed by atoms with van der Waals surface area (Å²) in [5, 5.41) is 14.2. The Morgan fingerprint density at radius 3 is 2.72 bits per heavy atom. The third kappa shape index (κ3) is 4.29. The van der Waals surface area contributed by atoms with Gasteiger partial charge in [-0.25, -0.2) is 4.98 Å². The van der Waals surface area contributed by atoms with E-state index in [9.17, 15) is 9.59 Å². The summed E-state index contributed by atoms with van der Waals surface area (Å²) in [5.41, 5.74) is -0.245. The van der Waals surface area contributed by atoms with Crippen LogP contribution in [-0.4, -0.2) is 28.5 Å². The summed E-state index contributed by atoms with van der Waals surface area (Å²) in [6.45, 7) is 5.09. The molecule has 0 saturated heterocycles. The average Bonchev–Trinajstić information content (AvgIpc) is 2.69. The largest absolute Gasteiger partial charge is 0.481 e. The van der Waals surface area contributed by atoms with Crippen molar-refractivity contribution in [1.29, 1.82) is 0 Å². The molecule has 0 saturated carbocycles. The van der Waals surface area contributed by atoms with Crippen LogP contribution >= 0.6 is 11.3 Å². The molecular weight excluding hydrogens is 252 g/mol. The fraction of sp³-hybridized carbons (Fsp3) is 0.417. The number of nitrogens with one attached hydrogen (secondary N) is 1. The van der Waals surface area contributed by atoms with E-state index >= 15 is 0 Å². The molecular formula is C12H16N2O3S. The van der Waals surface area contributed by atoms with E-state index in [1.807, 2.05) is 12.3 Å². The molecule has 6 heteroatoms. The smallest absolute Gasteiger partial charge is 0.310 e. The highest BCUT2D eigenvalue weighted by atomic mass is 32.1. The van der Waals surface area contributed by atoms with Gasteiger partial charge >= 0.3 is 5.97 Å². The molecule has 0 atom stereocenters. The van der Waals surface area contributed by atoms with Gasteiger partial charge in [-0.2, -0.15) is 0 Å². The van der Waals surface area contributed by atoms with Gasteiger partial charge in [0, 0.05) is 18.0 Å². The van der Waals surface area contributed by atoms with Crippen LogP contribution in [0.15, 0.2) is 11.5 Å². The number of rotatable bonds is 5. The first-order valence-corrected chi connectivity index (χ1v) is 6.31. The van der Waals surface area contributed by atoms with Crippen molar-refractivity contribution < 1.29 is 14.7 Å². The highest BCUT2D eigenvalue weighted by molar-refractivity contribution is 7.09. The van der Waals surface area contributed by atoms with E-state index in [1.165, 1.54) is 17.4 Å². The van der Waals surface area contributed by atoms with Gasteiger partial charge in [0.25, 0.3) is 0 Å². The van der Waals surface area contributed by atoms with Gasteiger partial charge < -0.3 is 10.4 Å². The maximum atomic E-state index is 11.5. The molecule has 0 bridgehead atoms. The second-order valence-corrected chi connectivity index (χ2v) is 5.59. The number of aryl methyl sites for hydroxylation is 1. The molecule has 2 N–H and O–H groups in total. The molecule has 0 aliphatic carbocycles. The molecule has 1 aromatic rings. The second kappa shape index (κ2) is 5.77. The zero-order chi connectivity index (χ0) is 13.8. The van der Waals surface area contributed by atoms with Gasteiger partial charge in [0.15, 0.2) is 0 Å². The van der Waals surface area contributed by atoms with Crippen molar-refractivity contribution in [1.82, 2.24) is 10.3 Å². The molecule has 1 aromatic heterocycles. The van der Waals surface area contributed by atoms with E-state index < -0.39 is 11.4 Å². The molecule has 0 aliphatic heterocycles. The van der Waals surface area contributed by atoms with Crippen LogP contribution in [0.5, 0.6) is 0 Å². The minimum absolute atomic E-state index is 0.0849. The van der Waals surface area contributed by atoms with Crippen LogP contribution in [0.1, 0.15) is 24.5 Å². The first kappa shape index (κ1) is 14.4. The standard InChI is InChI=1S/C12H16N2O3S/c1-8-14-9(6-18-8)4-5-10(15)13-7-12(2,3)11(16)17/h4-6H,7H2,1-3H3,(H,13,15)(H,16,17)/b5-4+. The fourth-order valence-corrected chi connectivity index (χ4v) is 1.64. The third-order valence-corrected chi connectivity index (χ3v) is 3.12. The third-order valence-electron chi connectivity index (χ3n) is 2.33. The molecule has 0 fully saturated rings. The number of carboxylic acids is 1. The van der Waals surface area contributed by atoms with Gasteiger partial charge in [-0.3, -0.25) is 9.59 Å². The van der Waals surface area contributed by atoms with E-state index in [-0.39, 0.29) is 12.5 Å². The number of carbonyl (C=O) groups excluding carboxylic acids is 1. The fourth-order valence-electron chi connectivity index (χ4n) is 1.06. The number of aliphatic carboxylic acids is 1. The van der Waals surface area contributed by atoms with E-state index in [0.717, 1.165) is 10.7 Å². The van der Waals surface area contributed by atoms with Crippen molar-refractivity contribution in [2.24, 2.45) is 5.41 Å². The summed E-state index contributed by atoms with van der Waals surface area (Å²) in [4.78, 5) is 26.5. The number of nitrogens with zero attached hydrogens (tertiary/aromatic N) is 1. The first-order chi connectivity index (χ1) is 8.31. The molecule has 1 heterocycles. The highest BCUT2D eigenvalue weighted by Crippen LogP contribution is 2.13. The summed E-state index contributed by atoms with van der Waals surface area (Å²) in [6, 6.07) is 0. The number of hydrogen-bond acceptors (Lipinski definition) is 4. The maximum absolute atomic E-state index is 11.5. The number of carboxylic acid groups (broad SMARTS) is 1. The lowest BCUT2D eigenvalue weighted by Gasteiger charge is -2.18. The zero-order valence-electron chi connectivity index (χ0n) is 10.6. The molecule has 1 amide bonds. The number of thiazole rings is 1. The van der Waals surface area contributed by atoms with Gasteiger partial charge in [-0.15, -0.1) is 11.3 Å². The number of hydrogen-bond donors (Lipinski definition) is 2. The topological polar surface area (TPSA) is 79.3 Å². The summed E-state index contributed by atoms with van der Waals surface area (Å²) in [6.07, 6.45) is 2.96. The van der Waals surface area contributed by atoms with Crippen LogP contribution in [0, 0.1) is 12.3 Å². The average molecular weight is 268 g/mol. The Labute approximate surface area is 110 Å². The Balaban J connectivity index is 2.48. The molecule has 0 aliphatic rings. The molecule has 0 unspecified atom stereocenters. The van der Waals surface area contributed by atoms with Gasteiger partial charge in [0.05, 0.1) is 16.1 Å². The molecule has 0 radical (unpaired) electrons. The van der Waals surface area contributed by atoms with Crippen LogP contribution in [0.25, 0.3) is 6.08 Å². The molecule has 1 rings (SSSR count). The van der Waals surface area contributed by atoms with Crippen molar-refractivity contribution >= 4 is 29.3 Å². The number of amides is 1. The van der Waals surface area contributed by atoms with E-state index in [4.69, 9.17) is 5.11 Å². The lowest BCUT2D eigenvalue weighted by molar-refractivity contribution is -0.146. The van der Waals surface area contributed by atoms with Crippen molar-refractivity contribution in [2.75, 3.05) is 6.54 Å². The maximum Gasteiger partial charge on any atom is 0.310 e. The Hall–Kier alpha value is -1.69. The summed E-state index contributed by atoms with van der Waals surface area (Å²) < 4.78 is 0. The quantitative estimate of drug-likeness (QED) is 0.796. The Kier molecular flexibility index (Phi) is 4.61.